The first kappa shape index (κ1) is 17.8. The molecule has 2 aromatic carbocycles. The van der Waals surface area contributed by atoms with E-state index in [1.54, 1.807) is 32.2 Å². The molecular formula is C19H21N3O4S. The first-order valence-corrected chi connectivity index (χ1v) is 10.2. The number of methoxy groups -OCH3 is 1. The maximum absolute atomic E-state index is 12.9. The van der Waals surface area contributed by atoms with Crippen molar-refractivity contribution in [1.29, 1.82) is 0 Å². The number of para-hydroxylation sites is 2. The van der Waals surface area contributed by atoms with E-state index in [0.717, 1.165) is 11.4 Å². The zero-order chi connectivity index (χ0) is 19.2. The largest absolute Gasteiger partial charge is 0.497 e. The average molecular weight is 387 g/mol. The van der Waals surface area contributed by atoms with Crippen molar-refractivity contribution in [2.75, 3.05) is 23.9 Å². The van der Waals surface area contributed by atoms with Gasteiger partial charge in [-0.25, -0.2) is 13.1 Å². The third-order valence-electron chi connectivity index (χ3n) is 5.07. The number of nitrogens with one attached hydrogen (secondary N) is 2. The Morgan fingerprint density at radius 2 is 2.00 bits per heavy atom. The number of anilines is 2. The zero-order valence-electron chi connectivity index (χ0n) is 15.1. The van der Waals surface area contributed by atoms with Crippen molar-refractivity contribution in [3.8, 4) is 5.75 Å². The first-order chi connectivity index (χ1) is 12.9. The average Bonchev–Trinajstić information content (AvgIpc) is 3.05. The van der Waals surface area contributed by atoms with Crippen LogP contribution in [0.15, 0.2) is 47.4 Å². The van der Waals surface area contributed by atoms with Gasteiger partial charge in [0.25, 0.3) is 0 Å². The van der Waals surface area contributed by atoms with Crippen molar-refractivity contribution in [1.82, 2.24) is 4.72 Å². The fourth-order valence-electron chi connectivity index (χ4n) is 3.82. The molecule has 2 N–H and O–H groups in total. The highest BCUT2D eigenvalue weighted by Crippen LogP contribution is 2.36. The second-order valence-electron chi connectivity index (χ2n) is 6.86. The van der Waals surface area contributed by atoms with E-state index in [2.05, 4.69) is 10.0 Å². The molecule has 4 rings (SSSR count). The minimum atomic E-state index is -3.70. The van der Waals surface area contributed by atoms with Gasteiger partial charge in [-0.05, 0) is 49.2 Å². The fraction of sp³-hybridized carbons (Fsp3) is 0.316. The summed E-state index contributed by atoms with van der Waals surface area (Å²) < 4.78 is 33.6. The van der Waals surface area contributed by atoms with Crippen LogP contribution >= 0.6 is 0 Å². The van der Waals surface area contributed by atoms with E-state index in [1.165, 1.54) is 0 Å². The number of aryl methyl sites for hydroxylation is 1. The number of hydrogen-bond donors (Lipinski definition) is 2. The van der Waals surface area contributed by atoms with Crippen LogP contribution in [0.4, 0.5) is 11.4 Å². The van der Waals surface area contributed by atoms with Crippen LogP contribution in [0, 0.1) is 6.92 Å². The van der Waals surface area contributed by atoms with Gasteiger partial charge in [-0.15, -0.1) is 0 Å². The van der Waals surface area contributed by atoms with Crippen molar-refractivity contribution in [2.24, 2.45) is 0 Å². The van der Waals surface area contributed by atoms with Crippen molar-refractivity contribution in [3.05, 3.63) is 48.0 Å². The van der Waals surface area contributed by atoms with Gasteiger partial charge in [-0.2, -0.15) is 0 Å². The van der Waals surface area contributed by atoms with Crippen LogP contribution in [0.25, 0.3) is 0 Å². The van der Waals surface area contributed by atoms with Crippen LogP contribution in [0.3, 0.4) is 0 Å². The highest BCUT2D eigenvalue weighted by molar-refractivity contribution is 7.89. The summed E-state index contributed by atoms with van der Waals surface area (Å²) in [6.45, 7) is 2.18. The second-order valence-corrected chi connectivity index (χ2v) is 8.54. The van der Waals surface area contributed by atoms with Gasteiger partial charge in [-0.3, -0.25) is 4.79 Å². The molecule has 1 amide bonds. The summed E-state index contributed by atoms with van der Waals surface area (Å²) in [5, 5.41) is 2.90. The molecule has 27 heavy (non-hydrogen) atoms. The number of rotatable bonds is 4. The molecular weight excluding hydrogens is 366 g/mol. The molecule has 2 aliphatic rings. The molecule has 2 aliphatic heterocycles. The van der Waals surface area contributed by atoms with Crippen molar-refractivity contribution < 1.29 is 17.9 Å². The minimum Gasteiger partial charge on any atom is -0.497 e. The van der Waals surface area contributed by atoms with Crippen LogP contribution < -0.4 is 19.7 Å². The summed E-state index contributed by atoms with van der Waals surface area (Å²) in [7, 11) is -2.16. The van der Waals surface area contributed by atoms with E-state index in [4.69, 9.17) is 4.74 Å². The fourth-order valence-corrected chi connectivity index (χ4v) is 5.28. The standard InChI is InChI=1S/C19H21N3O4S/c1-12-9-14(26-2)7-8-18(12)27(24,25)21-13-10-17-19(23)20-15-5-3-4-6-16(15)22(17)11-13/h3-9,13,17,21H,10-11H2,1-2H3,(H,20,23). The topological polar surface area (TPSA) is 87.7 Å². The van der Waals surface area contributed by atoms with Crippen LogP contribution in [0.1, 0.15) is 12.0 Å². The molecule has 1 saturated heterocycles. The lowest BCUT2D eigenvalue weighted by Crippen LogP contribution is -2.44. The Morgan fingerprint density at radius 1 is 1.22 bits per heavy atom. The van der Waals surface area contributed by atoms with Crippen molar-refractivity contribution in [2.45, 2.75) is 30.3 Å². The number of amides is 1. The number of benzene rings is 2. The molecule has 7 nitrogen and oxygen atoms in total. The molecule has 0 aliphatic carbocycles. The second kappa shape index (κ2) is 6.54. The van der Waals surface area contributed by atoms with Crippen LogP contribution in [0.2, 0.25) is 0 Å². The summed E-state index contributed by atoms with van der Waals surface area (Å²) in [6, 6.07) is 11.7. The molecule has 0 bridgehead atoms. The number of nitrogens with zero attached hydrogens (tertiary/aromatic N) is 1. The molecule has 2 aromatic rings. The smallest absolute Gasteiger partial charge is 0.247 e. The summed E-state index contributed by atoms with van der Waals surface area (Å²) in [6.07, 6.45) is 0.425. The monoisotopic (exact) mass is 387 g/mol. The quantitative estimate of drug-likeness (QED) is 0.836. The van der Waals surface area contributed by atoms with E-state index >= 15 is 0 Å². The third kappa shape index (κ3) is 3.15. The van der Waals surface area contributed by atoms with E-state index in [0.29, 0.717) is 24.3 Å². The SMILES string of the molecule is COc1ccc(S(=O)(=O)NC2CC3C(=O)Nc4ccccc4N3C2)c(C)c1. The number of hydrogen-bond acceptors (Lipinski definition) is 5. The van der Waals surface area contributed by atoms with Crippen molar-refractivity contribution in [3.63, 3.8) is 0 Å². The summed E-state index contributed by atoms with van der Waals surface area (Å²) in [5.74, 6) is 0.508. The zero-order valence-corrected chi connectivity index (χ0v) is 15.9. The Balaban J connectivity index is 1.57. The van der Waals surface area contributed by atoms with Crippen molar-refractivity contribution >= 4 is 27.3 Å². The maximum atomic E-state index is 12.9. The normalized spacial score (nSPS) is 21.4. The predicted octanol–water partition coefficient (Wildman–Crippen LogP) is 1.88. The van der Waals surface area contributed by atoms with Gasteiger partial charge in [0.2, 0.25) is 15.9 Å². The molecule has 0 spiro atoms. The summed E-state index contributed by atoms with van der Waals surface area (Å²) >= 11 is 0. The lowest BCUT2D eigenvalue weighted by atomic mass is 10.1. The lowest BCUT2D eigenvalue weighted by Gasteiger charge is -2.32. The Morgan fingerprint density at radius 3 is 2.74 bits per heavy atom. The molecule has 2 heterocycles. The van der Waals surface area contributed by atoms with Crippen LogP contribution in [-0.4, -0.2) is 40.1 Å². The lowest BCUT2D eigenvalue weighted by molar-refractivity contribution is -0.117. The number of carbonyl (C=O) groups is 1. The maximum Gasteiger partial charge on any atom is 0.247 e. The van der Waals surface area contributed by atoms with Gasteiger partial charge < -0.3 is 15.0 Å². The van der Waals surface area contributed by atoms with Gasteiger partial charge in [-0.1, -0.05) is 12.1 Å². The van der Waals surface area contributed by atoms with E-state index in [1.807, 2.05) is 29.2 Å². The Bertz CT molecular complexity index is 1010. The molecule has 2 unspecified atom stereocenters. The Hall–Kier alpha value is -2.58. The Kier molecular flexibility index (Phi) is 4.32. The Labute approximate surface area is 158 Å². The van der Waals surface area contributed by atoms with Gasteiger partial charge in [0.15, 0.2) is 0 Å². The number of fused-ring (bicyclic) bond motifs is 3. The molecule has 2 atom stereocenters. The highest BCUT2D eigenvalue weighted by Gasteiger charge is 2.42. The molecule has 0 radical (unpaired) electrons. The van der Waals surface area contributed by atoms with Gasteiger partial charge in [0.05, 0.1) is 23.4 Å². The summed E-state index contributed by atoms with van der Waals surface area (Å²) in [4.78, 5) is 14.6. The number of sulfonamides is 1. The van der Waals surface area contributed by atoms with Gasteiger partial charge in [0.1, 0.15) is 11.8 Å². The van der Waals surface area contributed by atoms with Gasteiger partial charge >= 0.3 is 0 Å². The van der Waals surface area contributed by atoms with E-state index in [9.17, 15) is 13.2 Å². The number of ether oxygens (including phenoxy) is 1. The van der Waals surface area contributed by atoms with Crippen LogP contribution in [-0.2, 0) is 14.8 Å². The van der Waals surface area contributed by atoms with Crippen LogP contribution in [0.5, 0.6) is 5.75 Å². The highest BCUT2D eigenvalue weighted by atomic mass is 32.2. The first-order valence-electron chi connectivity index (χ1n) is 8.72. The number of carbonyl (C=O) groups excluding carboxylic acids is 1. The third-order valence-corrected chi connectivity index (χ3v) is 6.75. The van der Waals surface area contributed by atoms with E-state index in [-0.39, 0.29) is 22.9 Å². The molecule has 8 heteroatoms. The molecule has 1 fully saturated rings. The minimum absolute atomic E-state index is 0.101. The predicted molar refractivity (Wildman–Crippen MR) is 103 cm³/mol. The molecule has 142 valence electrons. The molecule has 0 aromatic heterocycles. The van der Waals surface area contributed by atoms with Gasteiger partial charge in [0, 0.05) is 12.6 Å². The molecule has 0 saturated carbocycles. The summed E-state index contributed by atoms with van der Waals surface area (Å²) in [5.41, 5.74) is 2.29. The van der Waals surface area contributed by atoms with E-state index < -0.39 is 10.0 Å².